The zero-order valence-electron chi connectivity index (χ0n) is 15.4. The lowest BCUT2D eigenvalue weighted by atomic mass is 10.1. The third kappa shape index (κ3) is 5.57. The maximum atomic E-state index is 12.9. The van der Waals surface area contributed by atoms with E-state index < -0.39 is 0 Å². The number of nitrogens with zero attached hydrogens (tertiary/aromatic N) is 2. The van der Waals surface area contributed by atoms with Crippen molar-refractivity contribution in [2.24, 2.45) is 0 Å². The number of hydrogen-bond acceptors (Lipinski definition) is 4. The van der Waals surface area contributed by atoms with E-state index >= 15 is 0 Å². The minimum atomic E-state index is -0.337. The van der Waals surface area contributed by atoms with Gasteiger partial charge in [-0.25, -0.2) is 18.7 Å². The van der Waals surface area contributed by atoms with Crippen LogP contribution in [0.4, 0.5) is 14.7 Å². The topological polar surface area (TPSA) is 66.9 Å². The van der Waals surface area contributed by atoms with Crippen LogP contribution in [0.25, 0.3) is 0 Å². The van der Waals surface area contributed by atoms with Gasteiger partial charge in [-0.2, -0.15) is 0 Å². The molecule has 0 fully saturated rings. The SMILES string of the molecule is Cc1cc(C(=O)NCc2ccc(F)cc2)nc(NCCc2ccc(F)cc2)n1. The lowest BCUT2D eigenvalue weighted by Gasteiger charge is -2.09. The Balaban J connectivity index is 1.57. The first-order valence-corrected chi connectivity index (χ1v) is 8.86. The third-order valence-electron chi connectivity index (χ3n) is 4.06. The molecule has 1 amide bonds. The van der Waals surface area contributed by atoms with Gasteiger partial charge in [-0.15, -0.1) is 0 Å². The summed E-state index contributed by atoms with van der Waals surface area (Å²) in [6.07, 6.45) is 0.670. The fraction of sp³-hybridized carbons (Fsp3) is 0.190. The molecule has 0 aliphatic heterocycles. The van der Waals surface area contributed by atoms with Crippen LogP contribution >= 0.6 is 0 Å². The van der Waals surface area contributed by atoms with E-state index in [-0.39, 0.29) is 29.8 Å². The number of aromatic nitrogens is 2. The van der Waals surface area contributed by atoms with Gasteiger partial charge in [0.05, 0.1) is 0 Å². The monoisotopic (exact) mass is 382 g/mol. The third-order valence-corrected chi connectivity index (χ3v) is 4.06. The molecule has 5 nitrogen and oxygen atoms in total. The Bertz CT molecular complexity index is 944. The molecule has 2 aromatic carbocycles. The number of aryl methyl sites for hydroxylation is 1. The molecule has 0 aliphatic rings. The summed E-state index contributed by atoms with van der Waals surface area (Å²) in [6, 6.07) is 13.8. The van der Waals surface area contributed by atoms with Crippen molar-refractivity contribution >= 4 is 11.9 Å². The van der Waals surface area contributed by atoms with Gasteiger partial charge in [0, 0.05) is 18.8 Å². The highest BCUT2D eigenvalue weighted by atomic mass is 19.1. The van der Waals surface area contributed by atoms with Crippen molar-refractivity contribution in [2.45, 2.75) is 19.9 Å². The van der Waals surface area contributed by atoms with Crippen molar-refractivity contribution < 1.29 is 13.6 Å². The second-order valence-electron chi connectivity index (χ2n) is 6.33. The van der Waals surface area contributed by atoms with Gasteiger partial charge in [-0.3, -0.25) is 4.79 Å². The van der Waals surface area contributed by atoms with Gasteiger partial charge in [0.15, 0.2) is 0 Å². The van der Waals surface area contributed by atoms with E-state index in [1.54, 1.807) is 37.3 Å². The standard InChI is InChI=1S/C21H20F2N4O/c1-14-12-19(20(28)25-13-16-4-8-18(23)9-5-16)27-21(26-14)24-11-10-15-2-6-17(22)7-3-15/h2-9,12H,10-11,13H2,1H3,(H,25,28)(H,24,26,27). The van der Waals surface area contributed by atoms with E-state index in [9.17, 15) is 13.6 Å². The smallest absolute Gasteiger partial charge is 0.270 e. The predicted molar refractivity (Wildman–Crippen MR) is 103 cm³/mol. The first kappa shape index (κ1) is 19.4. The van der Waals surface area contributed by atoms with Crippen molar-refractivity contribution in [3.63, 3.8) is 0 Å². The average molecular weight is 382 g/mol. The van der Waals surface area contributed by atoms with Crippen LogP contribution in [0.3, 0.4) is 0 Å². The summed E-state index contributed by atoms with van der Waals surface area (Å²) < 4.78 is 25.9. The zero-order chi connectivity index (χ0) is 19.9. The molecule has 0 saturated heterocycles. The molecule has 7 heteroatoms. The zero-order valence-corrected chi connectivity index (χ0v) is 15.4. The minimum Gasteiger partial charge on any atom is -0.354 e. The molecule has 3 rings (SSSR count). The molecule has 3 aromatic rings. The summed E-state index contributed by atoms with van der Waals surface area (Å²) in [6.45, 7) is 2.60. The molecule has 0 atom stereocenters. The Hall–Kier alpha value is -3.35. The summed E-state index contributed by atoms with van der Waals surface area (Å²) in [7, 11) is 0. The van der Waals surface area contributed by atoms with E-state index in [0.29, 0.717) is 24.6 Å². The molecule has 28 heavy (non-hydrogen) atoms. The molecule has 1 heterocycles. The maximum absolute atomic E-state index is 12.9. The molecule has 2 N–H and O–H groups in total. The summed E-state index contributed by atoms with van der Waals surface area (Å²) in [4.78, 5) is 20.9. The lowest BCUT2D eigenvalue weighted by Crippen LogP contribution is -2.24. The van der Waals surface area contributed by atoms with Crippen LogP contribution in [0.2, 0.25) is 0 Å². The Kier molecular flexibility index (Phi) is 6.26. The number of nitrogens with one attached hydrogen (secondary N) is 2. The van der Waals surface area contributed by atoms with Crippen molar-refractivity contribution in [1.82, 2.24) is 15.3 Å². The van der Waals surface area contributed by atoms with Crippen molar-refractivity contribution in [3.05, 3.63) is 88.7 Å². The highest BCUT2D eigenvalue weighted by Crippen LogP contribution is 2.08. The molecule has 0 bridgehead atoms. The normalized spacial score (nSPS) is 10.5. The van der Waals surface area contributed by atoms with Crippen LogP contribution in [0.15, 0.2) is 54.6 Å². The number of hydrogen-bond donors (Lipinski definition) is 2. The molecular formula is C21H20F2N4O. The minimum absolute atomic E-state index is 0.249. The maximum Gasteiger partial charge on any atom is 0.270 e. The van der Waals surface area contributed by atoms with Gasteiger partial charge in [-0.1, -0.05) is 24.3 Å². The predicted octanol–water partition coefficient (Wildman–Crippen LogP) is 3.65. The lowest BCUT2D eigenvalue weighted by molar-refractivity contribution is 0.0945. The molecular weight excluding hydrogens is 362 g/mol. The number of benzene rings is 2. The van der Waals surface area contributed by atoms with Gasteiger partial charge in [-0.05, 0) is 54.8 Å². The number of halogens is 2. The van der Waals surface area contributed by atoms with Crippen LogP contribution < -0.4 is 10.6 Å². The Morgan fingerprint density at radius 1 is 0.929 bits per heavy atom. The van der Waals surface area contributed by atoms with Gasteiger partial charge < -0.3 is 10.6 Å². The number of rotatable bonds is 7. The Labute approximate surface area is 161 Å². The second-order valence-corrected chi connectivity index (χ2v) is 6.33. The fourth-order valence-corrected chi connectivity index (χ4v) is 2.61. The van der Waals surface area contributed by atoms with Gasteiger partial charge >= 0.3 is 0 Å². The Morgan fingerprint density at radius 3 is 2.18 bits per heavy atom. The van der Waals surface area contributed by atoms with E-state index in [2.05, 4.69) is 20.6 Å². The molecule has 0 unspecified atom stereocenters. The summed E-state index contributed by atoms with van der Waals surface area (Å²) in [5, 5.41) is 5.85. The summed E-state index contributed by atoms with van der Waals surface area (Å²) in [5.74, 6) is -0.571. The largest absolute Gasteiger partial charge is 0.354 e. The van der Waals surface area contributed by atoms with Crippen LogP contribution in [-0.2, 0) is 13.0 Å². The fourth-order valence-electron chi connectivity index (χ4n) is 2.61. The van der Waals surface area contributed by atoms with Crippen LogP contribution in [0.1, 0.15) is 27.3 Å². The van der Waals surface area contributed by atoms with E-state index in [1.165, 1.54) is 24.3 Å². The highest BCUT2D eigenvalue weighted by molar-refractivity contribution is 5.92. The molecule has 0 saturated carbocycles. The molecule has 0 spiro atoms. The summed E-state index contributed by atoms with van der Waals surface area (Å²) in [5.41, 5.74) is 2.68. The first-order chi connectivity index (χ1) is 13.5. The van der Waals surface area contributed by atoms with E-state index in [1.807, 2.05) is 0 Å². The van der Waals surface area contributed by atoms with Gasteiger partial charge in [0.25, 0.3) is 5.91 Å². The highest BCUT2D eigenvalue weighted by Gasteiger charge is 2.10. The van der Waals surface area contributed by atoms with Crippen LogP contribution in [-0.4, -0.2) is 22.4 Å². The Morgan fingerprint density at radius 2 is 1.54 bits per heavy atom. The number of anilines is 1. The van der Waals surface area contributed by atoms with Crippen molar-refractivity contribution in [2.75, 3.05) is 11.9 Å². The molecule has 1 aromatic heterocycles. The average Bonchev–Trinajstić information content (AvgIpc) is 2.68. The van der Waals surface area contributed by atoms with Gasteiger partial charge in [0.2, 0.25) is 5.95 Å². The van der Waals surface area contributed by atoms with Gasteiger partial charge in [0.1, 0.15) is 17.3 Å². The first-order valence-electron chi connectivity index (χ1n) is 8.86. The van der Waals surface area contributed by atoms with Crippen LogP contribution in [0.5, 0.6) is 0 Å². The van der Waals surface area contributed by atoms with Crippen molar-refractivity contribution in [3.8, 4) is 0 Å². The number of carbonyl (C=O) groups is 1. The van der Waals surface area contributed by atoms with E-state index in [0.717, 1.165) is 11.1 Å². The number of carbonyl (C=O) groups excluding carboxylic acids is 1. The van der Waals surface area contributed by atoms with Crippen molar-refractivity contribution in [1.29, 1.82) is 0 Å². The number of amides is 1. The van der Waals surface area contributed by atoms with E-state index in [4.69, 9.17) is 0 Å². The quantitative estimate of drug-likeness (QED) is 0.655. The second kappa shape index (κ2) is 9.03. The van der Waals surface area contributed by atoms with Crippen LogP contribution in [0, 0.1) is 18.6 Å². The summed E-state index contributed by atoms with van der Waals surface area (Å²) >= 11 is 0. The molecule has 144 valence electrons. The molecule has 0 aliphatic carbocycles. The molecule has 0 radical (unpaired) electrons.